The molecule has 1 aromatic heterocycles. The molecule has 0 spiro atoms. The van der Waals surface area contributed by atoms with Crippen LogP contribution in [0.3, 0.4) is 0 Å². The van der Waals surface area contributed by atoms with Crippen LogP contribution < -0.4 is 5.32 Å². The summed E-state index contributed by atoms with van der Waals surface area (Å²) in [5, 5.41) is 5.97. The van der Waals surface area contributed by atoms with Gasteiger partial charge in [-0.2, -0.15) is 0 Å². The molecule has 5 aliphatic carbocycles. The van der Waals surface area contributed by atoms with E-state index < -0.39 is 0 Å². The van der Waals surface area contributed by atoms with Gasteiger partial charge in [0.1, 0.15) is 0 Å². The normalized spacial score (nSPS) is 34.8. The van der Waals surface area contributed by atoms with E-state index >= 15 is 0 Å². The number of anilines is 1. The number of carbonyl (C=O) groups is 1. The molecule has 1 heterocycles. The van der Waals surface area contributed by atoms with Gasteiger partial charge in [0.25, 0.3) is 0 Å². The highest BCUT2D eigenvalue weighted by Gasteiger charge is 2.60. The molecule has 152 valence electrons. The first kappa shape index (κ1) is 18.4. The van der Waals surface area contributed by atoms with Crippen LogP contribution >= 0.6 is 22.9 Å². The van der Waals surface area contributed by atoms with Gasteiger partial charge in [0, 0.05) is 15.8 Å². The number of halogens is 1. The molecule has 5 heteroatoms. The maximum absolute atomic E-state index is 13.3. The third kappa shape index (κ3) is 3.14. The summed E-state index contributed by atoms with van der Waals surface area (Å²) >= 11 is 8.45. The molecule has 2 unspecified atom stereocenters. The van der Waals surface area contributed by atoms with Gasteiger partial charge < -0.3 is 5.32 Å². The third-order valence-corrected chi connectivity index (χ3v) is 9.04. The smallest absolute Gasteiger partial charge is 0.232 e. The van der Waals surface area contributed by atoms with E-state index in [9.17, 15) is 4.79 Å². The fourth-order valence-corrected chi connectivity index (χ4v) is 8.41. The molecule has 5 aliphatic rings. The van der Waals surface area contributed by atoms with Crippen LogP contribution in [0.4, 0.5) is 5.13 Å². The van der Waals surface area contributed by atoms with Crippen molar-refractivity contribution in [1.82, 2.24) is 4.98 Å². The Labute approximate surface area is 181 Å². The molecule has 4 bridgehead atoms. The van der Waals surface area contributed by atoms with Gasteiger partial charge in [-0.05, 0) is 93.2 Å². The highest BCUT2D eigenvalue weighted by molar-refractivity contribution is 7.14. The molecular formula is C24H27ClN2OS. The Bertz CT molecular complexity index is 969. The molecule has 1 N–H and O–H groups in total. The summed E-state index contributed by atoms with van der Waals surface area (Å²) < 4.78 is 0. The molecular weight excluding hydrogens is 400 g/mol. The molecule has 1 amide bonds. The largest absolute Gasteiger partial charge is 0.301 e. The van der Waals surface area contributed by atoms with E-state index in [4.69, 9.17) is 16.6 Å². The van der Waals surface area contributed by atoms with Gasteiger partial charge in [0.2, 0.25) is 5.91 Å². The number of nitrogens with one attached hydrogen (secondary N) is 1. The van der Waals surface area contributed by atoms with Crippen molar-refractivity contribution >= 4 is 34.0 Å². The monoisotopic (exact) mass is 426 g/mol. The van der Waals surface area contributed by atoms with E-state index in [1.165, 1.54) is 54.6 Å². The number of carbonyl (C=O) groups excluding carboxylic acids is 1. The Morgan fingerprint density at radius 3 is 2.62 bits per heavy atom. The average Bonchev–Trinajstić information content (AvgIpc) is 3.14. The van der Waals surface area contributed by atoms with Gasteiger partial charge in [0.15, 0.2) is 5.13 Å². The summed E-state index contributed by atoms with van der Waals surface area (Å²) in [5.41, 5.74) is 4.81. The number of aryl methyl sites for hydroxylation is 2. The van der Waals surface area contributed by atoms with E-state index in [0.29, 0.717) is 11.8 Å². The molecule has 0 saturated heterocycles. The Kier molecular flexibility index (Phi) is 4.15. The van der Waals surface area contributed by atoms with Gasteiger partial charge in [-0.1, -0.05) is 12.1 Å². The van der Waals surface area contributed by atoms with E-state index in [0.717, 1.165) is 48.5 Å². The van der Waals surface area contributed by atoms with Gasteiger partial charge in [0.05, 0.1) is 11.1 Å². The number of nitrogens with zero attached hydrogens (tertiary/aromatic N) is 1. The lowest BCUT2D eigenvalue weighted by Crippen LogP contribution is -2.57. The Morgan fingerprint density at radius 1 is 1.10 bits per heavy atom. The molecule has 7 rings (SSSR count). The van der Waals surface area contributed by atoms with Crippen molar-refractivity contribution in [2.45, 2.75) is 69.1 Å². The maximum atomic E-state index is 13.3. The number of aromatic nitrogens is 1. The van der Waals surface area contributed by atoms with E-state index in [1.54, 1.807) is 0 Å². The molecule has 1 aromatic carbocycles. The standard InChI is InChI=1S/C24H27ClN2OS/c25-24-11-15-7-16(12-24)10-23(9-15,14-24)21(28)27-22-26-20(13-29-22)19-6-5-17-3-1-2-4-18(17)8-19/h5-6,8,13,15-16H,1-4,7,9-12,14H2,(H,26,27,28)/t15-,16+,23?,24?. The number of fused-ring (bicyclic) bond motifs is 1. The summed E-state index contributed by atoms with van der Waals surface area (Å²) in [6, 6.07) is 6.74. The first-order valence-corrected chi connectivity index (χ1v) is 12.3. The second-order valence-electron chi connectivity index (χ2n) is 10.1. The van der Waals surface area contributed by atoms with Crippen LogP contribution in [-0.2, 0) is 17.6 Å². The molecule has 0 aliphatic heterocycles. The zero-order valence-corrected chi connectivity index (χ0v) is 18.2. The van der Waals surface area contributed by atoms with Crippen molar-refractivity contribution in [3.05, 3.63) is 34.7 Å². The predicted octanol–water partition coefficient (Wildman–Crippen LogP) is 6.21. The predicted molar refractivity (Wildman–Crippen MR) is 119 cm³/mol. The highest BCUT2D eigenvalue weighted by Crippen LogP contribution is 2.64. The number of hydrogen-bond donors (Lipinski definition) is 1. The molecule has 4 atom stereocenters. The Hall–Kier alpha value is -1.39. The minimum Gasteiger partial charge on any atom is -0.301 e. The minimum atomic E-state index is -0.274. The number of alkyl halides is 1. The van der Waals surface area contributed by atoms with Crippen molar-refractivity contribution in [3.63, 3.8) is 0 Å². The lowest BCUT2D eigenvalue weighted by molar-refractivity contribution is -0.138. The Morgan fingerprint density at radius 2 is 1.86 bits per heavy atom. The van der Waals surface area contributed by atoms with Crippen molar-refractivity contribution in [3.8, 4) is 11.3 Å². The second kappa shape index (κ2) is 6.55. The third-order valence-electron chi connectivity index (χ3n) is 7.84. The van der Waals surface area contributed by atoms with E-state index in [1.807, 2.05) is 0 Å². The lowest BCUT2D eigenvalue weighted by Gasteiger charge is -2.59. The molecule has 3 nitrogen and oxygen atoms in total. The highest BCUT2D eigenvalue weighted by atomic mass is 35.5. The van der Waals surface area contributed by atoms with Crippen LogP contribution in [-0.4, -0.2) is 15.8 Å². The fourth-order valence-electron chi connectivity index (χ4n) is 7.00. The summed E-state index contributed by atoms with van der Waals surface area (Å²) in [6.45, 7) is 0. The topological polar surface area (TPSA) is 42.0 Å². The van der Waals surface area contributed by atoms with Crippen molar-refractivity contribution in [2.24, 2.45) is 17.3 Å². The number of benzene rings is 1. The molecule has 4 saturated carbocycles. The van der Waals surface area contributed by atoms with Crippen molar-refractivity contribution in [2.75, 3.05) is 5.32 Å². The summed E-state index contributed by atoms with van der Waals surface area (Å²) in [4.78, 5) is 18.0. The van der Waals surface area contributed by atoms with Gasteiger partial charge in [-0.25, -0.2) is 4.98 Å². The van der Waals surface area contributed by atoms with E-state index in [2.05, 4.69) is 28.9 Å². The molecule has 4 fully saturated rings. The second-order valence-corrected chi connectivity index (χ2v) is 11.7. The minimum absolute atomic E-state index is 0.140. The van der Waals surface area contributed by atoms with Gasteiger partial charge in [-0.3, -0.25) is 4.79 Å². The van der Waals surface area contributed by atoms with Crippen LogP contribution in [0.15, 0.2) is 23.6 Å². The average molecular weight is 427 g/mol. The fraction of sp³-hybridized carbons (Fsp3) is 0.583. The number of amides is 1. The van der Waals surface area contributed by atoms with Gasteiger partial charge in [-0.15, -0.1) is 22.9 Å². The summed E-state index contributed by atoms with van der Waals surface area (Å²) in [5.74, 6) is 1.41. The zero-order chi connectivity index (χ0) is 19.6. The molecule has 29 heavy (non-hydrogen) atoms. The number of rotatable bonds is 3. The maximum Gasteiger partial charge on any atom is 0.232 e. The van der Waals surface area contributed by atoms with Crippen LogP contribution in [0.5, 0.6) is 0 Å². The van der Waals surface area contributed by atoms with Crippen molar-refractivity contribution in [1.29, 1.82) is 0 Å². The van der Waals surface area contributed by atoms with E-state index in [-0.39, 0.29) is 16.2 Å². The van der Waals surface area contributed by atoms with Crippen molar-refractivity contribution < 1.29 is 4.79 Å². The van der Waals surface area contributed by atoms with Crippen LogP contribution in [0, 0.1) is 17.3 Å². The number of hydrogen-bond acceptors (Lipinski definition) is 3. The molecule has 0 radical (unpaired) electrons. The lowest BCUT2D eigenvalue weighted by atomic mass is 9.49. The zero-order valence-electron chi connectivity index (χ0n) is 16.7. The molecule has 2 aromatic rings. The first-order valence-electron chi connectivity index (χ1n) is 11.1. The van der Waals surface area contributed by atoms with Gasteiger partial charge >= 0.3 is 0 Å². The first-order chi connectivity index (χ1) is 14.0. The number of thiazole rings is 1. The van der Waals surface area contributed by atoms with Crippen LogP contribution in [0.25, 0.3) is 11.3 Å². The summed E-state index contributed by atoms with van der Waals surface area (Å²) in [7, 11) is 0. The summed E-state index contributed by atoms with van der Waals surface area (Å²) in [6.07, 6.45) is 11.3. The SMILES string of the molecule is O=C(Nc1nc(-c2ccc3c(c2)CCCC3)cs1)C12C[C@@H]3C[C@@H](CC(Cl)(C3)C1)C2. The Balaban J connectivity index is 1.22. The van der Waals surface area contributed by atoms with Crippen LogP contribution in [0.1, 0.15) is 62.5 Å². The quantitative estimate of drug-likeness (QED) is 0.593. The van der Waals surface area contributed by atoms with Crippen LogP contribution in [0.2, 0.25) is 0 Å².